The number of hydrogen-bond donors (Lipinski definition) is 2. The number of nitriles is 2. The molecule has 0 unspecified atom stereocenters. The first-order chi connectivity index (χ1) is 9.13. The third kappa shape index (κ3) is 2.59. The second-order valence-corrected chi connectivity index (χ2v) is 3.71. The topological polar surface area (TPSA) is 98.5 Å². The average molecular weight is 253 g/mol. The third-order valence-corrected chi connectivity index (χ3v) is 2.40. The van der Waals surface area contributed by atoms with Gasteiger partial charge in [-0.1, -0.05) is 0 Å². The van der Waals surface area contributed by atoms with E-state index in [1.165, 1.54) is 24.4 Å². The van der Waals surface area contributed by atoms with Gasteiger partial charge < -0.3 is 11.1 Å². The number of nitrogen functional groups attached to an aromatic ring is 1. The van der Waals surface area contributed by atoms with E-state index in [0.717, 1.165) is 6.07 Å². The Morgan fingerprint density at radius 1 is 1.16 bits per heavy atom. The van der Waals surface area contributed by atoms with Gasteiger partial charge in [0.1, 0.15) is 11.9 Å². The van der Waals surface area contributed by atoms with Gasteiger partial charge in [-0.25, -0.2) is 9.37 Å². The van der Waals surface area contributed by atoms with Gasteiger partial charge in [-0.05, 0) is 24.3 Å². The van der Waals surface area contributed by atoms with Crippen molar-refractivity contribution in [1.82, 2.24) is 4.98 Å². The molecule has 0 fully saturated rings. The number of halogens is 1. The highest BCUT2D eigenvalue weighted by Crippen LogP contribution is 2.23. The molecule has 0 bridgehead atoms. The Bertz CT molecular complexity index is 650. The number of pyridine rings is 1. The second-order valence-electron chi connectivity index (χ2n) is 3.71. The van der Waals surface area contributed by atoms with Gasteiger partial charge in [0, 0.05) is 6.20 Å². The lowest BCUT2D eigenvalue weighted by Gasteiger charge is -2.09. The average Bonchev–Trinajstić information content (AvgIpc) is 2.42. The largest absolute Gasteiger partial charge is 0.396 e. The van der Waals surface area contributed by atoms with Crippen LogP contribution in [0, 0.1) is 28.5 Å². The summed E-state index contributed by atoms with van der Waals surface area (Å²) in [4.78, 5) is 3.94. The summed E-state index contributed by atoms with van der Waals surface area (Å²) < 4.78 is 13.7. The van der Waals surface area contributed by atoms with Crippen molar-refractivity contribution in [3.05, 3.63) is 47.4 Å². The number of anilines is 3. The molecule has 0 radical (unpaired) electrons. The number of nitrogens with zero attached hydrogens (tertiary/aromatic N) is 3. The summed E-state index contributed by atoms with van der Waals surface area (Å²) in [6.07, 6.45) is 1.33. The van der Waals surface area contributed by atoms with Crippen LogP contribution in [-0.2, 0) is 0 Å². The van der Waals surface area contributed by atoms with Gasteiger partial charge in [0.25, 0.3) is 0 Å². The van der Waals surface area contributed by atoms with Crippen LogP contribution >= 0.6 is 0 Å². The molecule has 2 rings (SSSR count). The predicted molar refractivity (Wildman–Crippen MR) is 67.8 cm³/mol. The van der Waals surface area contributed by atoms with Gasteiger partial charge in [-0.2, -0.15) is 10.5 Å². The predicted octanol–water partition coefficient (Wildman–Crippen LogP) is 2.29. The van der Waals surface area contributed by atoms with Crippen molar-refractivity contribution in [3.8, 4) is 12.1 Å². The van der Waals surface area contributed by atoms with Crippen LogP contribution in [-0.4, -0.2) is 4.98 Å². The quantitative estimate of drug-likeness (QED) is 0.855. The zero-order valence-electron chi connectivity index (χ0n) is 9.68. The Morgan fingerprint density at radius 2 is 1.89 bits per heavy atom. The van der Waals surface area contributed by atoms with E-state index < -0.39 is 5.82 Å². The van der Waals surface area contributed by atoms with Crippen molar-refractivity contribution in [1.29, 1.82) is 10.5 Å². The molecule has 1 heterocycles. The molecule has 1 aromatic heterocycles. The molecule has 0 amide bonds. The number of aromatic nitrogens is 1. The minimum Gasteiger partial charge on any atom is -0.396 e. The molecule has 0 aliphatic heterocycles. The summed E-state index contributed by atoms with van der Waals surface area (Å²) in [6, 6.07) is 9.20. The van der Waals surface area contributed by atoms with Crippen molar-refractivity contribution in [2.24, 2.45) is 0 Å². The van der Waals surface area contributed by atoms with Crippen LogP contribution in [0.15, 0.2) is 30.5 Å². The van der Waals surface area contributed by atoms with Gasteiger partial charge >= 0.3 is 0 Å². The fraction of sp³-hybridized carbons (Fsp3) is 0. The van der Waals surface area contributed by atoms with E-state index in [9.17, 15) is 4.39 Å². The van der Waals surface area contributed by atoms with Crippen LogP contribution in [0.3, 0.4) is 0 Å². The summed E-state index contributed by atoms with van der Waals surface area (Å²) in [7, 11) is 0. The first-order valence-electron chi connectivity index (χ1n) is 5.26. The number of benzene rings is 1. The summed E-state index contributed by atoms with van der Waals surface area (Å²) in [5.41, 5.74) is 6.64. The molecule has 0 atom stereocenters. The number of nitrogens with two attached hydrogens (primary N) is 1. The van der Waals surface area contributed by atoms with Crippen LogP contribution in [0.1, 0.15) is 11.1 Å². The Balaban J connectivity index is 2.32. The smallest absolute Gasteiger partial charge is 0.153 e. The third-order valence-electron chi connectivity index (χ3n) is 2.40. The maximum Gasteiger partial charge on any atom is 0.153 e. The van der Waals surface area contributed by atoms with Gasteiger partial charge in [0.05, 0.1) is 28.6 Å². The van der Waals surface area contributed by atoms with Gasteiger partial charge in [0.2, 0.25) is 0 Å². The van der Waals surface area contributed by atoms with Crippen LogP contribution < -0.4 is 11.1 Å². The lowest BCUT2D eigenvalue weighted by atomic mass is 10.2. The van der Waals surface area contributed by atoms with E-state index >= 15 is 0 Å². The lowest BCUT2D eigenvalue weighted by Crippen LogP contribution is -2.01. The number of rotatable bonds is 2. The van der Waals surface area contributed by atoms with Crippen molar-refractivity contribution >= 4 is 17.2 Å². The molecule has 5 nitrogen and oxygen atoms in total. The van der Waals surface area contributed by atoms with E-state index in [0.29, 0.717) is 5.56 Å². The van der Waals surface area contributed by atoms with Crippen molar-refractivity contribution in [2.45, 2.75) is 0 Å². The molecular formula is C13H8FN5. The minimum absolute atomic E-state index is 0.155. The zero-order chi connectivity index (χ0) is 13.8. The first-order valence-corrected chi connectivity index (χ1v) is 5.26. The summed E-state index contributed by atoms with van der Waals surface area (Å²) in [5.74, 6) is -0.327. The molecule has 0 saturated heterocycles. The monoisotopic (exact) mass is 253 g/mol. The maximum atomic E-state index is 13.7. The minimum atomic E-state index is -0.579. The molecule has 2 aromatic rings. The van der Waals surface area contributed by atoms with Crippen molar-refractivity contribution < 1.29 is 4.39 Å². The summed E-state index contributed by atoms with van der Waals surface area (Å²) in [6.45, 7) is 0. The molecule has 0 aliphatic carbocycles. The van der Waals surface area contributed by atoms with E-state index in [1.54, 1.807) is 0 Å². The number of nitrogens with one attached hydrogen (secondary N) is 1. The van der Waals surface area contributed by atoms with Gasteiger partial charge in [-0.15, -0.1) is 0 Å². The highest BCUT2D eigenvalue weighted by molar-refractivity contribution is 5.70. The Hall–Kier alpha value is -3.12. The van der Waals surface area contributed by atoms with Gasteiger partial charge in [-0.3, -0.25) is 0 Å². The van der Waals surface area contributed by atoms with Crippen LogP contribution in [0.25, 0.3) is 0 Å². The summed E-state index contributed by atoms with van der Waals surface area (Å²) >= 11 is 0. The van der Waals surface area contributed by atoms with E-state index in [4.69, 9.17) is 16.3 Å². The molecule has 3 N–H and O–H groups in total. The molecule has 0 aliphatic rings. The lowest BCUT2D eigenvalue weighted by molar-refractivity contribution is 0.631. The molecular weight excluding hydrogens is 245 g/mol. The van der Waals surface area contributed by atoms with Crippen LogP contribution in [0.2, 0.25) is 0 Å². The van der Waals surface area contributed by atoms with Crippen LogP contribution in [0.4, 0.5) is 21.6 Å². The fourth-order valence-electron chi connectivity index (χ4n) is 1.46. The zero-order valence-corrected chi connectivity index (χ0v) is 9.68. The van der Waals surface area contributed by atoms with Crippen molar-refractivity contribution in [2.75, 3.05) is 11.1 Å². The highest BCUT2D eigenvalue weighted by atomic mass is 19.1. The SMILES string of the molecule is N#Cc1cnc(Nc2ccc(C#N)cc2F)c(N)c1. The highest BCUT2D eigenvalue weighted by Gasteiger charge is 2.07. The van der Waals surface area contributed by atoms with Crippen molar-refractivity contribution in [3.63, 3.8) is 0 Å². The first kappa shape index (κ1) is 12.3. The Kier molecular flexibility index (Phi) is 3.26. The molecule has 19 heavy (non-hydrogen) atoms. The van der Waals surface area contributed by atoms with Crippen LogP contribution in [0.5, 0.6) is 0 Å². The fourth-order valence-corrected chi connectivity index (χ4v) is 1.46. The molecule has 92 valence electrons. The van der Waals surface area contributed by atoms with Gasteiger partial charge in [0.15, 0.2) is 5.82 Å². The van der Waals surface area contributed by atoms with E-state index in [2.05, 4.69) is 10.3 Å². The maximum absolute atomic E-state index is 13.7. The van der Waals surface area contributed by atoms with E-state index in [-0.39, 0.29) is 22.8 Å². The van der Waals surface area contributed by atoms with E-state index in [1.807, 2.05) is 12.1 Å². The Morgan fingerprint density at radius 3 is 2.47 bits per heavy atom. The molecule has 1 aromatic carbocycles. The molecule has 0 spiro atoms. The number of hydrogen-bond acceptors (Lipinski definition) is 5. The second kappa shape index (κ2) is 5.03. The summed E-state index contributed by atoms with van der Waals surface area (Å²) in [5, 5.41) is 20.0. The Labute approximate surface area is 108 Å². The molecule has 0 saturated carbocycles. The molecule has 6 heteroatoms. The standard InChI is InChI=1S/C13H8FN5/c14-10-3-8(5-15)1-2-12(10)19-13-11(17)4-9(6-16)7-18-13/h1-4,7H,17H2,(H,18,19). The normalized spacial score (nSPS) is 9.42.